The van der Waals surface area contributed by atoms with Gasteiger partial charge in [-0.2, -0.15) is 9.78 Å². The van der Waals surface area contributed by atoms with Crippen LogP contribution in [-0.2, 0) is 0 Å². The molecule has 94 valence electrons. The van der Waals surface area contributed by atoms with Gasteiger partial charge in [-0.05, 0) is 31.5 Å². The number of fused-ring (bicyclic) bond motifs is 3. The Morgan fingerprint density at radius 2 is 2.16 bits per heavy atom. The van der Waals surface area contributed by atoms with Gasteiger partial charge in [-0.3, -0.25) is 0 Å². The van der Waals surface area contributed by atoms with Gasteiger partial charge in [0, 0.05) is 5.39 Å². The lowest BCUT2D eigenvalue weighted by Gasteiger charge is -2.05. The van der Waals surface area contributed by atoms with E-state index in [2.05, 4.69) is 21.1 Å². The molecule has 0 unspecified atom stereocenters. The van der Waals surface area contributed by atoms with Crippen molar-refractivity contribution >= 4 is 28.3 Å². The first-order chi connectivity index (χ1) is 9.19. The molecule has 6 heteroatoms. The van der Waals surface area contributed by atoms with E-state index in [-0.39, 0.29) is 0 Å². The van der Waals surface area contributed by atoms with Crippen molar-refractivity contribution in [3.8, 4) is 6.07 Å². The third-order valence-electron chi connectivity index (χ3n) is 2.77. The zero-order valence-corrected chi connectivity index (χ0v) is 11.4. The van der Waals surface area contributed by atoms with Crippen LogP contribution in [-0.4, -0.2) is 25.3 Å². The molecule has 0 aliphatic heterocycles. The first-order valence-corrected chi connectivity index (χ1v) is 6.81. The normalized spacial score (nSPS) is 11.0. The van der Waals surface area contributed by atoms with Gasteiger partial charge in [0.1, 0.15) is 5.82 Å². The van der Waals surface area contributed by atoms with Crippen molar-refractivity contribution in [3.63, 3.8) is 0 Å². The van der Waals surface area contributed by atoms with Gasteiger partial charge in [0.05, 0.1) is 17.3 Å². The third kappa shape index (κ3) is 2.02. The monoisotopic (exact) mass is 269 g/mol. The highest BCUT2D eigenvalue weighted by atomic mass is 32.2. The highest BCUT2D eigenvalue weighted by molar-refractivity contribution is 7.99. The summed E-state index contributed by atoms with van der Waals surface area (Å²) in [4.78, 5) is 9.04. The van der Waals surface area contributed by atoms with E-state index < -0.39 is 0 Å². The van der Waals surface area contributed by atoms with E-state index in [4.69, 9.17) is 5.26 Å². The number of rotatable bonds is 2. The van der Waals surface area contributed by atoms with Gasteiger partial charge in [0.25, 0.3) is 0 Å². The zero-order valence-electron chi connectivity index (χ0n) is 10.6. The van der Waals surface area contributed by atoms with Crippen LogP contribution in [0.1, 0.15) is 11.4 Å². The predicted octanol–water partition coefficient (Wildman–Crippen LogP) is 2.51. The molecule has 2 aromatic heterocycles. The van der Waals surface area contributed by atoms with E-state index in [1.165, 1.54) is 11.8 Å². The van der Waals surface area contributed by atoms with Crippen LogP contribution in [0.5, 0.6) is 0 Å². The van der Waals surface area contributed by atoms with Crippen molar-refractivity contribution in [1.29, 1.82) is 5.26 Å². The summed E-state index contributed by atoms with van der Waals surface area (Å²) < 4.78 is 1.72. The van der Waals surface area contributed by atoms with Gasteiger partial charge < -0.3 is 0 Å². The molecule has 19 heavy (non-hydrogen) atoms. The van der Waals surface area contributed by atoms with E-state index in [0.717, 1.165) is 22.1 Å². The molecule has 0 amide bonds. The van der Waals surface area contributed by atoms with Gasteiger partial charge in [0.15, 0.2) is 10.8 Å². The van der Waals surface area contributed by atoms with Gasteiger partial charge in [0.2, 0.25) is 0 Å². The smallest absolute Gasteiger partial charge is 0.192 e. The van der Waals surface area contributed by atoms with Crippen LogP contribution in [0.25, 0.3) is 16.6 Å². The SMILES string of the molecule is Cc1ccc2c(c1)nc(SCC#N)n1nc(C)nc21. The number of aryl methyl sites for hydroxylation is 2. The van der Waals surface area contributed by atoms with E-state index in [1.807, 2.05) is 32.0 Å². The van der Waals surface area contributed by atoms with Crippen molar-refractivity contribution in [1.82, 2.24) is 19.6 Å². The molecule has 5 nitrogen and oxygen atoms in total. The Bertz CT molecular complexity index is 815. The Kier molecular flexibility index (Phi) is 2.84. The second kappa shape index (κ2) is 4.52. The summed E-state index contributed by atoms with van der Waals surface area (Å²) in [6, 6.07) is 8.18. The summed E-state index contributed by atoms with van der Waals surface area (Å²) in [6.07, 6.45) is 0. The Labute approximate surface area is 114 Å². The average Bonchev–Trinajstić information content (AvgIpc) is 2.77. The largest absolute Gasteiger partial charge is 0.222 e. The van der Waals surface area contributed by atoms with E-state index in [1.54, 1.807) is 4.52 Å². The number of nitriles is 1. The Morgan fingerprint density at radius 3 is 2.95 bits per heavy atom. The molecular weight excluding hydrogens is 258 g/mol. The van der Waals surface area contributed by atoms with Crippen LogP contribution < -0.4 is 0 Å². The van der Waals surface area contributed by atoms with Crippen molar-refractivity contribution in [3.05, 3.63) is 29.6 Å². The Morgan fingerprint density at radius 1 is 1.32 bits per heavy atom. The number of benzene rings is 1. The van der Waals surface area contributed by atoms with E-state index in [9.17, 15) is 0 Å². The molecule has 3 rings (SSSR count). The number of hydrogen-bond acceptors (Lipinski definition) is 5. The summed E-state index contributed by atoms with van der Waals surface area (Å²) in [6.45, 7) is 3.88. The lowest BCUT2D eigenvalue weighted by molar-refractivity contribution is 0.797. The Balaban J connectivity index is 2.36. The summed E-state index contributed by atoms with van der Waals surface area (Å²) >= 11 is 1.37. The topological polar surface area (TPSA) is 66.9 Å². The van der Waals surface area contributed by atoms with Gasteiger partial charge in [-0.1, -0.05) is 17.8 Å². The number of hydrogen-bond donors (Lipinski definition) is 0. The second-order valence-corrected chi connectivity index (χ2v) is 5.20. The summed E-state index contributed by atoms with van der Waals surface area (Å²) in [5.41, 5.74) is 2.83. The van der Waals surface area contributed by atoms with Crippen molar-refractivity contribution in [2.24, 2.45) is 0 Å². The predicted molar refractivity (Wildman–Crippen MR) is 74.1 cm³/mol. The Hall–Kier alpha value is -2.13. The number of aromatic nitrogens is 4. The fourth-order valence-corrected chi connectivity index (χ4v) is 2.59. The maximum atomic E-state index is 8.72. The van der Waals surface area contributed by atoms with Crippen molar-refractivity contribution in [2.45, 2.75) is 19.0 Å². The van der Waals surface area contributed by atoms with Crippen molar-refractivity contribution in [2.75, 3.05) is 5.75 Å². The van der Waals surface area contributed by atoms with Gasteiger partial charge in [-0.15, -0.1) is 5.10 Å². The first kappa shape index (κ1) is 11.9. The molecule has 0 N–H and O–H groups in total. The fraction of sp³-hybridized carbons (Fsp3) is 0.231. The van der Waals surface area contributed by atoms with Crippen molar-refractivity contribution < 1.29 is 0 Å². The third-order valence-corrected chi connectivity index (χ3v) is 3.57. The minimum atomic E-state index is 0.346. The van der Waals surface area contributed by atoms with Crippen LogP contribution in [0, 0.1) is 25.2 Å². The number of thioether (sulfide) groups is 1. The molecule has 0 radical (unpaired) electrons. The highest BCUT2D eigenvalue weighted by Gasteiger charge is 2.12. The number of nitrogens with zero attached hydrogens (tertiary/aromatic N) is 5. The summed E-state index contributed by atoms with van der Waals surface area (Å²) in [7, 11) is 0. The molecule has 0 fully saturated rings. The molecule has 0 spiro atoms. The quantitative estimate of drug-likeness (QED) is 0.528. The van der Waals surface area contributed by atoms with Crippen LogP contribution in [0.2, 0.25) is 0 Å². The van der Waals surface area contributed by atoms with Gasteiger partial charge >= 0.3 is 0 Å². The molecule has 0 saturated carbocycles. The van der Waals surface area contributed by atoms with Crippen LogP contribution in [0.4, 0.5) is 0 Å². The minimum absolute atomic E-state index is 0.346. The summed E-state index contributed by atoms with van der Waals surface area (Å²) in [5, 5.41) is 14.8. The second-order valence-electron chi connectivity index (χ2n) is 4.26. The molecule has 0 saturated heterocycles. The lowest BCUT2D eigenvalue weighted by Crippen LogP contribution is -1.98. The molecular formula is C13H11N5S. The molecule has 0 aliphatic carbocycles. The molecule has 2 heterocycles. The molecule has 0 atom stereocenters. The van der Waals surface area contributed by atoms with E-state index >= 15 is 0 Å². The zero-order chi connectivity index (χ0) is 13.4. The minimum Gasteiger partial charge on any atom is -0.222 e. The van der Waals surface area contributed by atoms with Crippen LogP contribution >= 0.6 is 11.8 Å². The molecule has 3 aromatic rings. The lowest BCUT2D eigenvalue weighted by atomic mass is 10.2. The fourth-order valence-electron chi connectivity index (χ4n) is 1.99. The maximum Gasteiger partial charge on any atom is 0.192 e. The van der Waals surface area contributed by atoms with Gasteiger partial charge in [-0.25, -0.2) is 9.97 Å². The van der Waals surface area contributed by atoms with Crippen LogP contribution in [0.3, 0.4) is 0 Å². The summed E-state index contributed by atoms with van der Waals surface area (Å²) in [5.74, 6) is 1.05. The average molecular weight is 269 g/mol. The standard InChI is InChI=1S/C13H11N5S/c1-8-3-4-10-11(7-8)16-13(19-6-5-14)18-12(10)15-9(2)17-18/h3-4,7H,6H2,1-2H3. The first-order valence-electron chi connectivity index (χ1n) is 5.82. The van der Waals surface area contributed by atoms with Crippen LogP contribution in [0.15, 0.2) is 23.4 Å². The van der Waals surface area contributed by atoms with E-state index in [0.29, 0.717) is 16.7 Å². The molecule has 1 aromatic carbocycles. The molecule has 0 bridgehead atoms. The maximum absolute atomic E-state index is 8.72. The highest BCUT2D eigenvalue weighted by Crippen LogP contribution is 2.24. The molecule has 0 aliphatic rings.